The van der Waals surface area contributed by atoms with Gasteiger partial charge in [-0.05, 0) is 15.9 Å². The third-order valence-electron chi connectivity index (χ3n) is 2.23. The molecule has 1 aliphatic heterocycles. The van der Waals surface area contributed by atoms with Crippen molar-refractivity contribution in [2.75, 3.05) is 31.2 Å². The van der Waals surface area contributed by atoms with E-state index in [-0.39, 0.29) is 12.7 Å². The molecule has 5 nitrogen and oxygen atoms in total. The van der Waals surface area contributed by atoms with Crippen LogP contribution in [-0.2, 0) is 4.74 Å². The molecule has 0 amide bonds. The van der Waals surface area contributed by atoms with Gasteiger partial charge in [-0.2, -0.15) is 0 Å². The van der Waals surface area contributed by atoms with Crippen molar-refractivity contribution in [3.8, 4) is 0 Å². The smallest absolute Gasteiger partial charge is 0.225 e. The van der Waals surface area contributed by atoms with Crippen molar-refractivity contribution in [3.05, 3.63) is 16.9 Å². The number of nitrogens with zero attached hydrogens (tertiary/aromatic N) is 3. The quantitative estimate of drug-likeness (QED) is 0.847. The third-order valence-corrected chi connectivity index (χ3v) is 2.64. The predicted molar refractivity (Wildman–Crippen MR) is 58.8 cm³/mol. The lowest BCUT2D eigenvalue weighted by Gasteiger charge is -2.31. The molecule has 15 heavy (non-hydrogen) atoms. The molecule has 1 fully saturated rings. The Morgan fingerprint density at radius 1 is 1.53 bits per heavy atom. The van der Waals surface area contributed by atoms with E-state index in [1.54, 1.807) is 12.4 Å². The first-order valence-corrected chi connectivity index (χ1v) is 5.54. The van der Waals surface area contributed by atoms with Crippen LogP contribution in [0.25, 0.3) is 0 Å². The highest BCUT2D eigenvalue weighted by Gasteiger charge is 2.21. The van der Waals surface area contributed by atoms with Gasteiger partial charge in [-0.15, -0.1) is 0 Å². The van der Waals surface area contributed by atoms with Gasteiger partial charge in [0.15, 0.2) is 0 Å². The zero-order chi connectivity index (χ0) is 10.7. The van der Waals surface area contributed by atoms with Crippen molar-refractivity contribution in [1.82, 2.24) is 9.97 Å². The topological polar surface area (TPSA) is 58.5 Å². The molecule has 0 aliphatic carbocycles. The molecule has 0 aromatic carbocycles. The van der Waals surface area contributed by atoms with Crippen LogP contribution in [0.15, 0.2) is 16.9 Å². The molecule has 0 spiro atoms. The normalized spacial score (nSPS) is 21.7. The monoisotopic (exact) mass is 273 g/mol. The summed E-state index contributed by atoms with van der Waals surface area (Å²) in [7, 11) is 0. The molecule has 0 saturated carbocycles. The van der Waals surface area contributed by atoms with Gasteiger partial charge in [-0.3, -0.25) is 0 Å². The van der Waals surface area contributed by atoms with Crippen LogP contribution >= 0.6 is 15.9 Å². The number of ether oxygens (including phenoxy) is 1. The number of aliphatic hydroxyl groups is 1. The first-order valence-electron chi connectivity index (χ1n) is 4.74. The maximum Gasteiger partial charge on any atom is 0.225 e. The summed E-state index contributed by atoms with van der Waals surface area (Å²) in [6, 6.07) is 0. The Morgan fingerprint density at radius 2 is 2.27 bits per heavy atom. The SMILES string of the molecule is OCC1CN(c2ncc(Br)cn2)CCO1. The molecule has 1 aliphatic rings. The van der Waals surface area contributed by atoms with E-state index in [2.05, 4.69) is 25.9 Å². The number of morpholine rings is 1. The molecule has 1 aromatic rings. The van der Waals surface area contributed by atoms with E-state index >= 15 is 0 Å². The van der Waals surface area contributed by atoms with E-state index in [4.69, 9.17) is 9.84 Å². The van der Waals surface area contributed by atoms with Crippen molar-refractivity contribution in [2.45, 2.75) is 6.10 Å². The van der Waals surface area contributed by atoms with Crippen molar-refractivity contribution >= 4 is 21.9 Å². The van der Waals surface area contributed by atoms with Crippen LogP contribution in [0.5, 0.6) is 0 Å². The molecular weight excluding hydrogens is 262 g/mol. The molecule has 82 valence electrons. The minimum absolute atomic E-state index is 0.0348. The van der Waals surface area contributed by atoms with Gasteiger partial charge >= 0.3 is 0 Å². The summed E-state index contributed by atoms with van der Waals surface area (Å²) in [6.07, 6.45) is 3.29. The Balaban J connectivity index is 2.06. The van der Waals surface area contributed by atoms with Crippen molar-refractivity contribution in [2.24, 2.45) is 0 Å². The van der Waals surface area contributed by atoms with E-state index in [9.17, 15) is 0 Å². The molecule has 1 unspecified atom stereocenters. The Kier molecular flexibility index (Phi) is 3.50. The highest BCUT2D eigenvalue weighted by Crippen LogP contribution is 2.14. The highest BCUT2D eigenvalue weighted by molar-refractivity contribution is 9.10. The molecule has 0 radical (unpaired) electrons. The molecule has 2 rings (SSSR count). The zero-order valence-corrected chi connectivity index (χ0v) is 9.72. The summed E-state index contributed by atoms with van der Waals surface area (Å²) in [5.41, 5.74) is 0. The summed E-state index contributed by atoms with van der Waals surface area (Å²) < 4.78 is 6.21. The van der Waals surface area contributed by atoms with E-state index in [0.29, 0.717) is 19.1 Å². The zero-order valence-electron chi connectivity index (χ0n) is 8.14. The lowest BCUT2D eigenvalue weighted by molar-refractivity contribution is 0.00314. The summed E-state index contributed by atoms with van der Waals surface area (Å²) in [5.74, 6) is 0.681. The minimum atomic E-state index is -0.133. The molecular formula is C9H12BrN3O2. The number of anilines is 1. The summed E-state index contributed by atoms with van der Waals surface area (Å²) in [4.78, 5) is 10.4. The second-order valence-corrected chi connectivity index (χ2v) is 4.24. The van der Waals surface area contributed by atoms with Gasteiger partial charge < -0.3 is 14.7 Å². The Morgan fingerprint density at radius 3 is 2.93 bits per heavy atom. The van der Waals surface area contributed by atoms with E-state index < -0.39 is 0 Å². The number of aliphatic hydroxyl groups excluding tert-OH is 1. The largest absolute Gasteiger partial charge is 0.394 e. The van der Waals surface area contributed by atoms with Crippen LogP contribution in [0, 0.1) is 0 Å². The van der Waals surface area contributed by atoms with Crippen LogP contribution in [0.1, 0.15) is 0 Å². The molecule has 1 atom stereocenters. The van der Waals surface area contributed by atoms with Gasteiger partial charge in [0.25, 0.3) is 0 Å². The fraction of sp³-hybridized carbons (Fsp3) is 0.556. The average Bonchev–Trinajstić information content (AvgIpc) is 2.30. The molecule has 1 saturated heterocycles. The summed E-state index contributed by atoms with van der Waals surface area (Å²) in [6.45, 7) is 2.04. The standard InChI is InChI=1S/C9H12BrN3O2/c10-7-3-11-9(12-4-7)13-1-2-15-8(5-13)6-14/h3-4,8,14H,1-2,5-6H2. The maximum atomic E-state index is 9.00. The highest BCUT2D eigenvalue weighted by atomic mass is 79.9. The van der Waals surface area contributed by atoms with Crippen molar-refractivity contribution in [3.63, 3.8) is 0 Å². The second kappa shape index (κ2) is 4.87. The maximum absolute atomic E-state index is 9.00. The summed E-state index contributed by atoms with van der Waals surface area (Å²) in [5, 5.41) is 9.00. The van der Waals surface area contributed by atoms with Crippen molar-refractivity contribution < 1.29 is 9.84 Å². The van der Waals surface area contributed by atoms with Crippen LogP contribution in [0.3, 0.4) is 0 Å². The Bertz CT molecular complexity index is 320. The van der Waals surface area contributed by atoms with Gasteiger partial charge in [0.2, 0.25) is 5.95 Å². The first kappa shape index (κ1) is 10.8. The first-order chi connectivity index (χ1) is 7.29. The van der Waals surface area contributed by atoms with Crippen LogP contribution in [-0.4, -0.2) is 47.5 Å². The number of hydrogen-bond acceptors (Lipinski definition) is 5. The predicted octanol–water partition coefficient (Wildman–Crippen LogP) is 0.437. The Hall–Kier alpha value is -0.720. The third kappa shape index (κ3) is 2.64. The van der Waals surface area contributed by atoms with Crippen molar-refractivity contribution in [1.29, 1.82) is 0 Å². The van der Waals surface area contributed by atoms with E-state index in [0.717, 1.165) is 11.0 Å². The Labute approximate surface area is 96.2 Å². The summed E-state index contributed by atoms with van der Waals surface area (Å²) >= 11 is 3.29. The van der Waals surface area contributed by atoms with E-state index in [1.165, 1.54) is 0 Å². The minimum Gasteiger partial charge on any atom is -0.394 e. The molecule has 0 bridgehead atoms. The van der Waals surface area contributed by atoms with Gasteiger partial charge in [0.1, 0.15) is 0 Å². The molecule has 2 heterocycles. The average molecular weight is 274 g/mol. The van der Waals surface area contributed by atoms with Crippen LogP contribution in [0.4, 0.5) is 5.95 Å². The number of aromatic nitrogens is 2. The molecule has 6 heteroatoms. The van der Waals surface area contributed by atoms with Gasteiger partial charge in [-0.1, -0.05) is 0 Å². The second-order valence-electron chi connectivity index (χ2n) is 3.32. The van der Waals surface area contributed by atoms with Gasteiger partial charge in [0.05, 0.1) is 23.8 Å². The van der Waals surface area contributed by atoms with Crippen LogP contribution in [0.2, 0.25) is 0 Å². The van der Waals surface area contributed by atoms with Gasteiger partial charge in [0, 0.05) is 25.5 Å². The van der Waals surface area contributed by atoms with Crippen LogP contribution < -0.4 is 4.90 Å². The van der Waals surface area contributed by atoms with E-state index in [1.807, 2.05) is 4.90 Å². The fourth-order valence-electron chi connectivity index (χ4n) is 1.48. The lowest BCUT2D eigenvalue weighted by atomic mass is 10.3. The van der Waals surface area contributed by atoms with Gasteiger partial charge in [-0.25, -0.2) is 9.97 Å². The lowest BCUT2D eigenvalue weighted by Crippen LogP contribution is -2.44. The number of halogens is 1. The molecule has 1 N–H and O–H groups in total. The number of hydrogen-bond donors (Lipinski definition) is 1. The number of rotatable bonds is 2. The fourth-order valence-corrected chi connectivity index (χ4v) is 1.68. The molecule has 1 aromatic heterocycles.